The molecule has 1 amide bonds. The molecule has 13 heteroatoms. The third-order valence-electron chi connectivity index (χ3n) is 2.45. The summed E-state index contributed by atoms with van der Waals surface area (Å²) < 4.78 is 0. The highest BCUT2D eigenvalue weighted by Crippen LogP contribution is 1.96. The standard InChI is InChI=1S/C5H11NO2.C4H8N2O3.C4H7NO4/c1-3(2)4(6)5(7)8;2*5-2(4(8)9)1-3(6)7/h3-4H,6H2,1-2H3,(H,7,8);2H,1,5H2,(H2,6,7)(H,8,9);2H,1,5H2,(H,6,7)(H,8,9)/t4-;2*2-/m000/s1. The van der Waals surface area contributed by atoms with Crippen molar-refractivity contribution in [1.82, 2.24) is 0 Å². The molecule has 0 aliphatic heterocycles. The zero-order valence-corrected chi connectivity index (χ0v) is 14.4. The van der Waals surface area contributed by atoms with Crippen molar-refractivity contribution in [3.05, 3.63) is 0 Å². The first kappa shape index (κ1) is 28.1. The molecule has 0 heterocycles. The van der Waals surface area contributed by atoms with E-state index in [1.165, 1.54) is 0 Å². The Hall–Kier alpha value is -2.77. The van der Waals surface area contributed by atoms with E-state index in [2.05, 4.69) is 5.73 Å². The van der Waals surface area contributed by atoms with Gasteiger partial charge < -0.3 is 43.4 Å². The molecule has 0 fully saturated rings. The van der Waals surface area contributed by atoms with Crippen molar-refractivity contribution in [2.24, 2.45) is 28.9 Å². The first-order chi connectivity index (χ1) is 11.6. The summed E-state index contributed by atoms with van der Waals surface area (Å²) in [5, 5.41) is 32.4. The van der Waals surface area contributed by atoms with Gasteiger partial charge in [0.25, 0.3) is 0 Å². The summed E-state index contributed by atoms with van der Waals surface area (Å²) in [6.45, 7) is 3.55. The van der Waals surface area contributed by atoms with Crippen molar-refractivity contribution in [3.63, 3.8) is 0 Å². The second kappa shape index (κ2) is 14.6. The van der Waals surface area contributed by atoms with E-state index in [0.717, 1.165) is 0 Å². The molecule has 152 valence electrons. The van der Waals surface area contributed by atoms with Gasteiger partial charge in [-0.05, 0) is 5.92 Å². The number of carboxylic acids is 4. The van der Waals surface area contributed by atoms with Gasteiger partial charge in [0.1, 0.15) is 18.1 Å². The summed E-state index contributed by atoms with van der Waals surface area (Å²) in [5.41, 5.74) is 19.6. The summed E-state index contributed by atoms with van der Waals surface area (Å²) >= 11 is 0. The number of hydrogen-bond donors (Lipinski definition) is 8. The molecule has 0 saturated carbocycles. The molecule has 0 aromatic heterocycles. The van der Waals surface area contributed by atoms with Gasteiger partial charge in [-0.15, -0.1) is 0 Å². The van der Waals surface area contributed by atoms with Crippen molar-refractivity contribution in [3.8, 4) is 0 Å². The van der Waals surface area contributed by atoms with E-state index in [0.29, 0.717) is 0 Å². The maximum Gasteiger partial charge on any atom is 0.321 e. The average molecular weight is 382 g/mol. The third-order valence-corrected chi connectivity index (χ3v) is 2.45. The third kappa shape index (κ3) is 19.3. The lowest BCUT2D eigenvalue weighted by molar-refractivity contribution is -0.144. The lowest BCUT2D eigenvalue weighted by Gasteiger charge is -2.07. The van der Waals surface area contributed by atoms with E-state index in [9.17, 15) is 24.0 Å². The average Bonchev–Trinajstić information content (AvgIpc) is 2.45. The van der Waals surface area contributed by atoms with Crippen LogP contribution in [-0.2, 0) is 24.0 Å². The topological polar surface area (TPSA) is 270 Å². The Balaban J connectivity index is -0.000000306. The molecule has 0 aromatic rings. The maximum absolute atomic E-state index is 10.0. The molecule has 0 unspecified atom stereocenters. The Morgan fingerprint density at radius 1 is 0.731 bits per heavy atom. The summed E-state index contributed by atoms with van der Waals surface area (Å²) in [4.78, 5) is 49.5. The molecule has 3 atom stereocenters. The van der Waals surface area contributed by atoms with Crippen LogP contribution < -0.4 is 22.9 Å². The minimum absolute atomic E-state index is 0.0208. The van der Waals surface area contributed by atoms with Crippen LogP contribution >= 0.6 is 0 Å². The lowest BCUT2D eigenvalue weighted by atomic mass is 10.1. The van der Waals surface area contributed by atoms with Crippen molar-refractivity contribution in [2.45, 2.75) is 44.8 Å². The first-order valence-electron chi connectivity index (χ1n) is 7.08. The van der Waals surface area contributed by atoms with Gasteiger partial charge in [-0.25, -0.2) is 0 Å². The zero-order valence-electron chi connectivity index (χ0n) is 14.4. The fraction of sp³-hybridized carbons (Fsp3) is 0.615. The second-order valence-corrected chi connectivity index (χ2v) is 5.27. The molecule has 12 N–H and O–H groups in total. The Morgan fingerprint density at radius 2 is 1.08 bits per heavy atom. The van der Waals surface area contributed by atoms with Gasteiger partial charge in [0.2, 0.25) is 5.91 Å². The van der Waals surface area contributed by atoms with E-state index in [1.807, 2.05) is 0 Å². The Kier molecular flexibility index (Phi) is 15.7. The van der Waals surface area contributed by atoms with Crippen LogP contribution in [-0.4, -0.2) is 68.3 Å². The second-order valence-electron chi connectivity index (χ2n) is 5.27. The van der Waals surface area contributed by atoms with Gasteiger partial charge in [-0.3, -0.25) is 24.0 Å². The molecule has 0 spiro atoms. The molecule has 0 aliphatic carbocycles. The van der Waals surface area contributed by atoms with E-state index in [-0.39, 0.29) is 12.3 Å². The zero-order chi connectivity index (χ0) is 21.6. The van der Waals surface area contributed by atoms with Crippen LogP contribution in [0.1, 0.15) is 26.7 Å². The van der Waals surface area contributed by atoms with Crippen molar-refractivity contribution in [2.75, 3.05) is 0 Å². The van der Waals surface area contributed by atoms with Crippen LogP contribution in [0.15, 0.2) is 0 Å². The van der Waals surface area contributed by atoms with Crippen LogP contribution in [0.5, 0.6) is 0 Å². The molecule has 0 bridgehead atoms. The number of amides is 1. The summed E-state index contributed by atoms with van der Waals surface area (Å²) in [6, 6.07) is -3.17. The van der Waals surface area contributed by atoms with Gasteiger partial charge in [0.15, 0.2) is 0 Å². The SMILES string of the molecule is CC(C)[C@H](N)C(=O)O.NC(=O)C[C@H](N)C(=O)O.N[C@@H](CC(=O)O)C(=O)O. The highest BCUT2D eigenvalue weighted by molar-refractivity contribution is 5.83. The van der Waals surface area contributed by atoms with Crippen molar-refractivity contribution in [1.29, 1.82) is 0 Å². The number of nitrogens with two attached hydrogens (primary N) is 4. The van der Waals surface area contributed by atoms with Crippen molar-refractivity contribution < 1.29 is 44.4 Å². The highest BCUT2D eigenvalue weighted by Gasteiger charge is 2.15. The van der Waals surface area contributed by atoms with Crippen LogP contribution in [0.4, 0.5) is 0 Å². The maximum atomic E-state index is 10.0. The van der Waals surface area contributed by atoms with E-state index >= 15 is 0 Å². The van der Waals surface area contributed by atoms with Crippen LogP contribution in [0, 0.1) is 5.92 Å². The number of primary amides is 1. The number of aliphatic carboxylic acids is 4. The van der Waals surface area contributed by atoms with Gasteiger partial charge in [-0.1, -0.05) is 13.8 Å². The normalized spacial score (nSPS) is 13.0. The van der Waals surface area contributed by atoms with Gasteiger partial charge in [0.05, 0.1) is 12.8 Å². The fourth-order valence-electron chi connectivity index (χ4n) is 0.865. The monoisotopic (exact) mass is 382 g/mol. The molecular weight excluding hydrogens is 356 g/mol. The predicted octanol–water partition coefficient (Wildman–Crippen LogP) is -2.80. The van der Waals surface area contributed by atoms with E-state index < -0.39 is 54.3 Å². The Bertz CT molecular complexity index is 464. The number of hydrogen-bond acceptors (Lipinski definition) is 8. The summed E-state index contributed by atoms with van der Waals surface area (Å²) in [6.07, 6.45) is -0.843. The highest BCUT2D eigenvalue weighted by atomic mass is 16.4. The largest absolute Gasteiger partial charge is 0.481 e. The van der Waals surface area contributed by atoms with E-state index in [4.69, 9.17) is 37.6 Å². The number of rotatable bonds is 8. The molecule has 0 radical (unpaired) electrons. The summed E-state index contributed by atoms with van der Waals surface area (Å²) in [7, 11) is 0. The van der Waals surface area contributed by atoms with Crippen LogP contribution in [0.3, 0.4) is 0 Å². The quantitative estimate of drug-likeness (QED) is 0.211. The number of carbonyl (C=O) groups excluding carboxylic acids is 1. The first-order valence-corrected chi connectivity index (χ1v) is 7.08. The fourth-order valence-corrected chi connectivity index (χ4v) is 0.865. The molecule has 0 rings (SSSR count). The predicted molar refractivity (Wildman–Crippen MR) is 87.7 cm³/mol. The van der Waals surface area contributed by atoms with Crippen molar-refractivity contribution >= 4 is 29.8 Å². The molecule has 0 aliphatic rings. The Morgan fingerprint density at radius 3 is 1.15 bits per heavy atom. The molecule has 26 heavy (non-hydrogen) atoms. The summed E-state index contributed by atoms with van der Waals surface area (Å²) in [5.74, 6) is -5.33. The molecule has 0 saturated heterocycles. The van der Waals surface area contributed by atoms with Gasteiger partial charge in [-0.2, -0.15) is 0 Å². The minimum atomic E-state index is -1.29. The van der Waals surface area contributed by atoms with E-state index in [1.54, 1.807) is 13.8 Å². The van der Waals surface area contributed by atoms with Gasteiger partial charge >= 0.3 is 23.9 Å². The number of carboxylic acid groups (broad SMARTS) is 4. The molecule has 13 nitrogen and oxygen atoms in total. The Labute approximate surface area is 148 Å². The van der Waals surface area contributed by atoms with Gasteiger partial charge in [0, 0.05) is 0 Å². The van der Waals surface area contributed by atoms with Crippen LogP contribution in [0.25, 0.3) is 0 Å². The molecule has 0 aromatic carbocycles. The lowest BCUT2D eigenvalue weighted by Crippen LogP contribution is -2.34. The van der Waals surface area contributed by atoms with Crippen LogP contribution in [0.2, 0.25) is 0 Å². The minimum Gasteiger partial charge on any atom is -0.481 e. The number of carbonyl (C=O) groups is 5. The molecular formula is C13H26N4O9. The smallest absolute Gasteiger partial charge is 0.321 e.